The van der Waals surface area contributed by atoms with E-state index in [1.807, 2.05) is 24.3 Å². The van der Waals surface area contributed by atoms with Gasteiger partial charge in [0.1, 0.15) is 4.83 Å². The van der Waals surface area contributed by atoms with E-state index < -0.39 is 0 Å². The second-order valence-electron chi connectivity index (χ2n) is 6.74. The van der Waals surface area contributed by atoms with Crippen LogP contribution in [0.2, 0.25) is 0 Å². The number of aliphatic hydroxyl groups is 1. The van der Waals surface area contributed by atoms with Crippen molar-refractivity contribution < 1.29 is 9.90 Å². The number of aliphatic hydroxyl groups excluding tert-OH is 1. The number of hydrogen-bond donors (Lipinski definition) is 3. The lowest BCUT2D eigenvalue weighted by molar-refractivity contribution is 0.0953. The van der Waals surface area contributed by atoms with Crippen molar-refractivity contribution in [2.24, 2.45) is 0 Å². The average Bonchev–Trinajstić information content (AvgIpc) is 3.28. The summed E-state index contributed by atoms with van der Waals surface area (Å²) < 4.78 is 0. The quantitative estimate of drug-likeness (QED) is 0.619. The van der Waals surface area contributed by atoms with Crippen LogP contribution in [0.5, 0.6) is 0 Å². The fourth-order valence-corrected chi connectivity index (χ4v) is 4.19. The highest BCUT2D eigenvalue weighted by Crippen LogP contribution is 2.20. The van der Waals surface area contributed by atoms with Crippen LogP contribution in [0.3, 0.4) is 0 Å². The monoisotopic (exact) mass is 384 g/mol. The number of benzene rings is 1. The minimum Gasteiger partial charge on any atom is -0.392 e. The molecule has 1 atom stereocenters. The number of β-amino-alcohol motifs (C(OH)–C–C–N with tert-alkyl or cyclic N) is 1. The summed E-state index contributed by atoms with van der Waals surface area (Å²) in [6.45, 7) is 2.85. The van der Waals surface area contributed by atoms with Gasteiger partial charge in [-0.05, 0) is 17.5 Å². The van der Waals surface area contributed by atoms with E-state index in [-0.39, 0.29) is 17.6 Å². The number of aromatic amines is 1. The first-order valence-electron chi connectivity index (χ1n) is 8.81. The molecule has 0 bridgehead atoms. The van der Waals surface area contributed by atoms with E-state index in [0.29, 0.717) is 22.3 Å². The Morgan fingerprint density at radius 1 is 1.33 bits per heavy atom. The first kappa shape index (κ1) is 17.8. The third-order valence-corrected chi connectivity index (χ3v) is 5.64. The summed E-state index contributed by atoms with van der Waals surface area (Å²) in [6.07, 6.45) is 1.96. The van der Waals surface area contributed by atoms with Gasteiger partial charge in [0.25, 0.3) is 11.5 Å². The number of aromatic nitrogens is 2. The summed E-state index contributed by atoms with van der Waals surface area (Å²) in [7, 11) is 0. The second-order valence-corrected chi connectivity index (χ2v) is 7.60. The summed E-state index contributed by atoms with van der Waals surface area (Å²) in [5.74, 6) is -0.283. The molecule has 1 aliphatic rings. The van der Waals surface area contributed by atoms with E-state index in [2.05, 4.69) is 20.2 Å². The van der Waals surface area contributed by atoms with E-state index in [9.17, 15) is 14.7 Å². The standard InChI is InChI=1S/C19H20N4O3S/c24-14-5-6-23(9-14)8-13-3-1-12(2-4-13)7-20-17(25)15-10-27-19-16(15)18(26)21-11-22-19/h1-4,10-11,14,24H,5-9H2,(H,20,25)(H,21,22,26)/t14-/m1/s1. The summed E-state index contributed by atoms with van der Waals surface area (Å²) in [4.78, 5) is 33.8. The van der Waals surface area contributed by atoms with Crippen molar-refractivity contribution in [2.45, 2.75) is 25.6 Å². The minimum atomic E-state index is -0.303. The molecule has 27 heavy (non-hydrogen) atoms. The molecule has 1 saturated heterocycles. The Labute approximate surface area is 159 Å². The summed E-state index contributed by atoms with van der Waals surface area (Å²) in [5.41, 5.74) is 2.22. The SMILES string of the molecule is O=C(NCc1ccc(CN2CC[C@@H](O)C2)cc1)c1csc2nc[nH]c(=O)c12. The van der Waals surface area contributed by atoms with Gasteiger partial charge >= 0.3 is 0 Å². The van der Waals surface area contributed by atoms with Crippen molar-refractivity contribution in [1.82, 2.24) is 20.2 Å². The number of thiophene rings is 1. The van der Waals surface area contributed by atoms with Gasteiger partial charge in [0.2, 0.25) is 0 Å². The van der Waals surface area contributed by atoms with Gasteiger partial charge in [0, 0.05) is 31.6 Å². The number of carbonyl (C=O) groups excluding carboxylic acids is 1. The highest BCUT2D eigenvalue weighted by Gasteiger charge is 2.20. The Morgan fingerprint density at radius 2 is 2.11 bits per heavy atom. The smallest absolute Gasteiger partial charge is 0.260 e. The number of rotatable bonds is 5. The molecule has 0 aliphatic carbocycles. The Balaban J connectivity index is 1.38. The van der Waals surface area contributed by atoms with Crippen LogP contribution in [0.15, 0.2) is 40.8 Å². The summed E-state index contributed by atoms with van der Waals surface area (Å²) in [5, 5.41) is 14.5. The Bertz CT molecular complexity index is 1010. The number of amides is 1. The van der Waals surface area contributed by atoms with Gasteiger partial charge in [-0.2, -0.15) is 0 Å². The maximum atomic E-state index is 12.5. The van der Waals surface area contributed by atoms with Crippen molar-refractivity contribution in [3.63, 3.8) is 0 Å². The van der Waals surface area contributed by atoms with E-state index in [1.165, 1.54) is 23.2 Å². The van der Waals surface area contributed by atoms with Gasteiger partial charge in [0.05, 0.1) is 23.4 Å². The van der Waals surface area contributed by atoms with Gasteiger partial charge in [-0.3, -0.25) is 14.5 Å². The van der Waals surface area contributed by atoms with Crippen LogP contribution in [0.1, 0.15) is 27.9 Å². The largest absolute Gasteiger partial charge is 0.392 e. The molecule has 3 heterocycles. The Hall–Kier alpha value is -2.55. The van der Waals surface area contributed by atoms with Gasteiger partial charge < -0.3 is 15.4 Å². The van der Waals surface area contributed by atoms with E-state index >= 15 is 0 Å². The second kappa shape index (κ2) is 7.59. The fourth-order valence-electron chi connectivity index (χ4n) is 3.31. The van der Waals surface area contributed by atoms with Crippen LogP contribution in [-0.2, 0) is 13.1 Å². The van der Waals surface area contributed by atoms with Crippen molar-refractivity contribution in [3.05, 3.63) is 63.0 Å². The lowest BCUT2D eigenvalue weighted by atomic mass is 10.1. The zero-order valence-electron chi connectivity index (χ0n) is 14.6. The van der Waals surface area contributed by atoms with Gasteiger partial charge in [0.15, 0.2) is 0 Å². The molecule has 1 amide bonds. The Morgan fingerprint density at radius 3 is 2.85 bits per heavy atom. The highest BCUT2D eigenvalue weighted by molar-refractivity contribution is 7.17. The molecular formula is C19H20N4O3S. The zero-order chi connectivity index (χ0) is 18.8. The van der Waals surface area contributed by atoms with Crippen LogP contribution in [-0.4, -0.2) is 45.1 Å². The molecule has 4 rings (SSSR count). The van der Waals surface area contributed by atoms with Gasteiger partial charge in [-0.25, -0.2) is 4.98 Å². The maximum absolute atomic E-state index is 12.5. The number of fused-ring (bicyclic) bond motifs is 1. The molecule has 140 valence electrons. The van der Waals surface area contributed by atoms with E-state index in [0.717, 1.165) is 31.6 Å². The molecule has 0 radical (unpaired) electrons. The van der Waals surface area contributed by atoms with Gasteiger partial charge in [-0.1, -0.05) is 24.3 Å². The molecule has 3 N–H and O–H groups in total. The highest BCUT2D eigenvalue weighted by atomic mass is 32.1. The lowest BCUT2D eigenvalue weighted by Gasteiger charge is -2.15. The zero-order valence-corrected chi connectivity index (χ0v) is 15.5. The Kier molecular flexibility index (Phi) is 5.02. The topological polar surface area (TPSA) is 98.3 Å². The molecule has 7 nitrogen and oxygen atoms in total. The van der Waals surface area contributed by atoms with Gasteiger partial charge in [-0.15, -0.1) is 11.3 Å². The lowest BCUT2D eigenvalue weighted by Crippen LogP contribution is -2.24. The molecule has 8 heteroatoms. The molecule has 0 unspecified atom stereocenters. The maximum Gasteiger partial charge on any atom is 0.260 e. The molecule has 3 aromatic rings. The number of H-pyrrole nitrogens is 1. The van der Waals surface area contributed by atoms with Crippen LogP contribution < -0.4 is 10.9 Å². The van der Waals surface area contributed by atoms with Crippen molar-refractivity contribution in [3.8, 4) is 0 Å². The fraction of sp³-hybridized carbons (Fsp3) is 0.316. The van der Waals surface area contributed by atoms with Crippen molar-refractivity contribution in [2.75, 3.05) is 13.1 Å². The number of hydrogen-bond acceptors (Lipinski definition) is 6. The molecule has 0 spiro atoms. The number of nitrogens with one attached hydrogen (secondary N) is 2. The molecule has 1 fully saturated rings. The average molecular weight is 384 g/mol. The molecule has 1 aromatic carbocycles. The van der Waals surface area contributed by atoms with Crippen LogP contribution >= 0.6 is 11.3 Å². The van der Waals surface area contributed by atoms with Crippen LogP contribution in [0.25, 0.3) is 10.2 Å². The summed E-state index contributed by atoms with van der Waals surface area (Å²) >= 11 is 1.28. The number of likely N-dealkylation sites (tertiary alicyclic amines) is 1. The first-order chi connectivity index (χ1) is 13.1. The predicted molar refractivity (Wildman–Crippen MR) is 104 cm³/mol. The third kappa shape index (κ3) is 3.92. The van der Waals surface area contributed by atoms with Crippen molar-refractivity contribution >= 4 is 27.5 Å². The third-order valence-electron chi connectivity index (χ3n) is 4.75. The molecular weight excluding hydrogens is 364 g/mol. The predicted octanol–water partition coefficient (Wildman–Crippen LogP) is 1.48. The number of nitrogens with zero attached hydrogens (tertiary/aromatic N) is 2. The van der Waals surface area contributed by atoms with Crippen molar-refractivity contribution in [1.29, 1.82) is 0 Å². The molecule has 2 aromatic heterocycles. The molecule has 0 saturated carbocycles. The van der Waals surface area contributed by atoms with E-state index in [4.69, 9.17) is 0 Å². The number of carbonyl (C=O) groups is 1. The van der Waals surface area contributed by atoms with Crippen LogP contribution in [0, 0.1) is 0 Å². The minimum absolute atomic E-state index is 0.213. The first-order valence-corrected chi connectivity index (χ1v) is 9.69. The normalized spacial score (nSPS) is 17.4. The molecule has 1 aliphatic heterocycles. The van der Waals surface area contributed by atoms with Crippen LogP contribution in [0.4, 0.5) is 0 Å². The van der Waals surface area contributed by atoms with E-state index in [1.54, 1.807) is 5.38 Å². The summed E-state index contributed by atoms with van der Waals surface area (Å²) in [6, 6.07) is 8.06.